The minimum absolute atomic E-state index is 0.226. The van der Waals surface area contributed by atoms with E-state index in [0.717, 1.165) is 22.8 Å². The molecule has 28 heavy (non-hydrogen) atoms. The van der Waals surface area contributed by atoms with Crippen molar-refractivity contribution in [3.05, 3.63) is 48.0 Å². The van der Waals surface area contributed by atoms with Crippen molar-refractivity contribution in [2.24, 2.45) is 0 Å². The highest BCUT2D eigenvalue weighted by molar-refractivity contribution is 5.73. The van der Waals surface area contributed by atoms with Gasteiger partial charge in [-0.05, 0) is 55.3 Å². The number of amides is 2. The van der Waals surface area contributed by atoms with Gasteiger partial charge in [0.1, 0.15) is 18.1 Å². The maximum absolute atomic E-state index is 11.9. The standard InChI is InChI=1S/C21H28N2O5/c1-4-27-19-10-5-16(15-20(19)26-3)11-12-22-21(24)23-13-14-28-18-8-6-17(25-2)7-9-18/h5-10,15H,4,11-14H2,1-3H3,(H2,22,23,24). The fourth-order valence-corrected chi connectivity index (χ4v) is 2.53. The monoisotopic (exact) mass is 388 g/mol. The molecule has 7 nitrogen and oxygen atoms in total. The first kappa shape index (κ1) is 21.2. The second-order valence-corrected chi connectivity index (χ2v) is 5.87. The summed E-state index contributed by atoms with van der Waals surface area (Å²) >= 11 is 0. The van der Waals surface area contributed by atoms with Gasteiger partial charge in [-0.15, -0.1) is 0 Å². The fraction of sp³-hybridized carbons (Fsp3) is 0.381. The van der Waals surface area contributed by atoms with Gasteiger partial charge in [0.05, 0.1) is 27.4 Å². The lowest BCUT2D eigenvalue weighted by atomic mass is 10.1. The van der Waals surface area contributed by atoms with Crippen LogP contribution in [0.4, 0.5) is 4.79 Å². The molecule has 2 N–H and O–H groups in total. The van der Waals surface area contributed by atoms with E-state index in [9.17, 15) is 4.79 Å². The van der Waals surface area contributed by atoms with Crippen LogP contribution in [0.3, 0.4) is 0 Å². The first-order valence-electron chi connectivity index (χ1n) is 9.24. The lowest BCUT2D eigenvalue weighted by molar-refractivity contribution is 0.236. The minimum Gasteiger partial charge on any atom is -0.497 e. The molecule has 0 unspecified atom stereocenters. The highest BCUT2D eigenvalue weighted by atomic mass is 16.5. The first-order valence-corrected chi connectivity index (χ1v) is 9.24. The van der Waals surface area contributed by atoms with Crippen LogP contribution in [0.15, 0.2) is 42.5 Å². The van der Waals surface area contributed by atoms with E-state index in [4.69, 9.17) is 18.9 Å². The van der Waals surface area contributed by atoms with Crippen molar-refractivity contribution in [2.75, 3.05) is 40.5 Å². The van der Waals surface area contributed by atoms with E-state index in [1.807, 2.05) is 49.4 Å². The van der Waals surface area contributed by atoms with Crippen LogP contribution in [0.1, 0.15) is 12.5 Å². The second-order valence-electron chi connectivity index (χ2n) is 5.87. The van der Waals surface area contributed by atoms with E-state index >= 15 is 0 Å². The third kappa shape index (κ3) is 6.90. The van der Waals surface area contributed by atoms with Crippen LogP contribution >= 0.6 is 0 Å². The Labute approximate surface area is 165 Å². The number of hydrogen-bond acceptors (Lipinski definition) is 5. The van der Waals surface area contributed by atoms with Crippen LogP contribution in [0.5, 0.6) is 23.0 Å². The summed E-state index contributed by atoms with van der Waals surface area (Å²) in [6, 6.07) is 12.8. The summed E-state index contributed by atoms with van der Waals surface area (Å²) in [5, 5.41) is 5.59. The van der Waals surface area contributed by atoms with Gasteiger partial charge in [-0.2, -0.15) is 0 Å². The molecular weight excluding hydrogens is 360 g/mol. The highest BCUT2D eigenvalue weighted by Gasteiger charge is 2.06. The van der Waals surface area contributed by atoms with Crippen molar-refractivity contribution in [2.45, 2.75) is 13.3 Å². The van der Waals surface area contributed by atoms with Gasteiger partial charge >= 0.3 is 6.03 Å². The van der Waals surface area contributed by atoms with E-state index in [0.29, 0.717) is 38.5 Å². The number of urea groups is 1. The molecule has 0 heterocycles. The minimum atomic E-state index is -0.226. The molecule has 2 aromatic carbocycles. The average Bonchev–Trinajstić information content (AvgIpc) is 2.72. The quantitative estimate of drug-likeness (QED) is 0.579. The summed E-state index contributed by atoms with van der Waals surface area (Å²) < 4.78 is 21.5. The summed E-state index contributed by atoms with van der Waals surface area (Å²) in [5.74, 6) is 2.92. The molecular formula is C21H28N2O5. The number of methoxy groups -OCH3 is 2. The molecule has 0 saturated heterocycles. The molecule has 7 heteroatoms. The van der Waals surface area contributed by atoms with Gasteiger partial charge in [0.25, 0.3) is 0 Å². The van der Waals surface area contributed by atoms with E-state index in [2.05, 4.69) is 10.6 Å². The Hall–Kier alpha value is -3.09. The number of benzene rings is 2. The van der Waals surface area contributed by atoms with Crippen LogP contribution in [0.2, 0.25) is 0 Å². The third-order valence-corrected chi connectivity index (χ3v) is 3.94. The molecule has 2 amide bonds. The van der Waals surface area contributed by atoms with Gasteiger partial charge in [-0.25, -0.2) is 4.79 Å². The number of hydrogen-bond donors (Lipinski definition) is 2. The molecule has 0 fully saturated rings. The molecule has 0 aromatic heterocycles. The van der Waals surface area contributed by atoms with Crippen molar-refractivity contribution in [3.63, 3.8) is 0 Å². The molecule has 0 saturated carbocycles. The topological polar surface area (TPSA) is 78.1 Å². The maximum Gasteiger partial charge on any atom is 0.314 e. The zero-order valence-electron chi connectivity index (χ0n) is 16.6. The molecule has 0 spiro atoms. The molecule has 0 aliphatic heterocycles. The van der Waals surface area contributed by atoms with E-state index in [-0.39, 0.29) is 6.03 Å². The average molecular weight is 388 g/mol. The summed E-state index contributed by atoms with van der Waals surface area (Å²) in [5.41, 5.74) is 1.06. The van der Waals surface area contributed by atoms with Crippen molar-refractivity contribution in [1.29, 1.82) is 0 Å². The number of carbonyl (C=O) groups is 1. The Morgan fingerprint density at radius 1 is 0.857 bits per heavy atom. The van der Waals surface area contributed by atoms with Crippen LogP contribution in [0.25, 0.3) is 0 Å². The molecule has 2 rings (SSSR count). The predicted molar refractivity (Wildman–Crippen MR) is 108 cm³/mol. The van der Waals surface area contributed by atoms with Gasteiger partial charge in [-0.1, -0.05) is 6.07 Å². The lowest BCUT2D eigenvalue weighted by Crippen LogP contribution is -2.38. The van der Waals surface area contributed by atoms with Crippen molar-refractivity contribution >= 4 is 6.03 Å². The van der Waals surface area contributed by atoms with E-state index in [1.54, 1.807) is 14.2 Å². The van der Waals surface area contributed by atoms with Gasteiger partial charge in [-0.3, -0.25) is 0 Å². The van der Waals surface area contributed by atoms with Crippen LogP contribution in [-0.4, -0.2) is 46.6 Å². The molecule has 0 aliphatic rings. The van der Waals surface area contributed by atoms with E-state index < -0.39 is 0 Å². The summed E-state index contributed by atoms with van der Waals surface area (Å²) in [4.78, 5) is 11.9. The van der Waals surface area contributed by atoms with Gasteiger partial charge in [0.2, 0.25) is 0 Å². The smallest absolute Gasteiger partial charge is 0.314 e. The Balaban J connectivity index is 1.64. The zero-order valence-corrected chi connectivity index (χ0v) is 16.6. The Morgan fingerprint density at radius 3 is 2.25 bits per heavy atom. The first-order chi connectivity index (χ1) is 13.7. The lowest BCUT2D eigenvalue weighted by Gasteiger charge is -2.12. The summed E-state index contributed by atoms with van der Waals surface area (Å²) in [6.45, 7) is 3.82. The summed E-state index contributed by atoms with van der Waals surface area (Å²) in [6.07, 6.45) is 0.693. The van der Waals surface area contributed by atoms with Crippen molar-refractivity contribution in [3.8, 4) is 23.0 Å². The van der Waals surface area contributed by atoms with Crippen molar-refractivity contribution in [1.82, 2.24) is 10.6 Å². The van der Waals surface area contributed by atoms with Gasteiger partial charge in [0, 0.05) is 6.54 Å². The van der Waals surface area contributed by atoms with Crippen LogP contribution in [0, 0.1) is 0 Å². The van der Waals surface area contributed by atoms with Gasteiger partial charge < -0.3 is 29.6 Å². The second kappa shape index (κ2) is 11.6. The molecule has 0 bridgehead atoms. The van der Waals surface area contributed by atoms with Crippen LogP contribution in [-0.2, 0) is 6.42 Å². The fourth-order valence-electron chi connectivity index (χ4n) is 2.53. The van der Waals surface area contributed by atoms with Crippen LogP contribution < -0.4 is 29.6 Å². The molecule has 0 aliphatic carbocycles. The third-order valence-electron chi connectivity index (χ3n) is 3.94. The number of carbonyl (C=O) groups excluding carboxylic acids is 1. The number of nitrogens with one attached hydrogen (secondary N) is 2. The SMILES string of the molecule is CCOc1ccc(CCNC(=O)NCCOc2ccc(OC)cc2)cc1OC. The largest absolute Gasteiger partial charge is 0.497 e. The summed E-state index contributed by atoms with van der Waals surface area (Å²) in [7, 11) is 3.23. The Morgan fingerprint density at radius 2 is 1.57 bits per heavy atom. The predicted octanol–water partition coefficient (Wildman–Crippen LogP) is 3.02. The van der Waals surface area contributed by atoms with E-state index in [1.165, 1.54) is 0 Å². The molecule has 0 radical (unpaired) electrons. The molecule has 152 valence electrons. The Kier molecular flexibility index (Phi) is 8.78. The highest BCUT2D eigenvalue weighted by Crippen LogP contribution is 2.28. The Bertz CT molecular complexity index is 734. The maximum atomic E-state index is 11.9. The van der Waals surface area contributed by atoms with Gasteiger partial charge in [0.15, 0.2) is 11.5 Å². The van der Waals surface area contributed by atoms with Crippen molar-refractivity contribution < 1.29 is 23.7 Å². The number of rotatable bonds is 11. The normalized spacial score (nSPS) is 10.1. The molecule has 0 atom stereocenters. The zero-order chi connectivity index (χ0) is 20.2. The molecule has 2 aromatic rings. The number of ether oxygens (including phenoxy) is 4.